The van der Waals surface area contributed by atoms with Crippen molar-refractivity contribution in [2.45, 2.75) is 36.6 Å². The van der Waals surface area contributed by atoms with E-state index in [1.54, 1.807) is 10.6 Å². The molecular weight excluding hydrogens is 453 g/mol. The number of hydrogen-bond acceptors (Lipinski definition) is 4. The van der Waals surface area contributed by atoms with Gasteiger partial charge in [-0.15, -0.1) is 0 Å². The molecule has 3 aromatic rings. The minimum atomic E-state index is -4.06. The van der Waals surface area contributed by atoms with Crippen LogP contribution in [0, 0.1) is 11.7 Å². The van der Waals surface area contributed by atoms with Crippen LogP contribution in [-0.4, -0.2) is 37.5 Å². The van der Waals surface area contributed by atoms with Gasteiger partial charge in [0.2, 0.25) is 0 Å². The second-order valence-electron chi connectivity index (χ2n) is 9.30. The first kappa shape index (κ1) is 22.8. The quantitative estimate of drug-likeness (QED) is 0.557. The van der Waals surface area contributed by atoms with Crippen LogP contribution in [0.4, 0.5) is 10.1 Å². The maximum Gasteiger partial charge on any atom is 0.275 e. The molecule has 2 aromatic carbocycles. The topological polar surface area (TPSA) is 71.4 Å². The number of likely N-dealkylation sites (tertiary alicyclic amines) is 1. The molecule has 178 valence electrons. The molecule has 1 N–H and O–H groups in total. The standard InChI is InChI=1S/C26H28FN3O3S/c27-22-9-4-10-23(15-22)34(32,33)28-24-11-12-25-21-14-20(17-30(25)26(24)31)16-29(18-21)13-5-8-19-6-2-1-3-7-19/h1-4,6-7,9-12,15,20-21,28H,5,8,13-14,16-18H2/t20-,21+/m0/s1. The van der Waals surface area contributed by atoms with Gasteiger partial charge in [0.05, 0.1) is 4.90 Å². The molecule has 0 saturated carbocycles. The molecule has 1 fully saturated rings. The van der Waals surface area contributed by atoms with Crippen LogP contribution in [0.1, 0.15) is 30.0 Å². The number of nitrogens with zero attached hydrogens (tertiary/aromatic N) is 2. The van der Waals surface area contributed by atoms with Crippen LogP contribution < -0.4 is 10.3 Å². The van der Waals surface area contributed by atoms with Crippen molar-refractivity contribution in [3.8, 4) is 0 Å². The van der Waals surface area contributed by atoms with E-state index < -0.39 is 15.8 Å². The second-order valence-corrected chi connectivity index (χ2v) is 11.0. The van der Waals surface area contributed by atoms with Gasteiger partial charge in [-0.1, -0.05) is 36.4 Å². The molecule has 8 heteroatoms. The molecule has 0 amide bonds. The predicted octanol–water partition coefficient (Wildman–Crippen LogP) is 3.84. The summed E-state index contributed by atoms with van der Waals surface area (Å²) in [5.74, 6) is -0.0345. The maximum atomic E-state index is 13.5. The van der Waals surface area contributed by atoms with Gasteiger partial charge in [0.25, 0.3) is 15.6 Å². The average molecular weight is 482 g/mol. The summed E-state index contributed by atoms with van der Waals surface area (Å²) in [6.45, 7) is 3.45. The fraction of sp³-hybridized carbons (Fsp3) is 0.346. The van der Waals surface area contributed by atoms with Gasteiger partial charge < -0.3 is 9.47 Å². The Morgan fingerprint density at radius 1 is 0.971 bits per heavy atom. The minimum absolute atomic E-state index is 0.00676. The molecule has 0 unspecified atom stereocenters. The van der Waals surface area contributed by atoms with E-state index in [9.17, 15) is 17.6 Å². The van der Waals surface area contributed by atoms with Gasteiger partial charge in [-0.25, -0.2) is 12.8 Å². The van der Waals surface area contributed by atoms with E-state index in [-0.39, 0.29) is 22.1 Å². The van der Waals surface area contributed by atoms with Gasteiger partial charge in [-0.2, -0.15) is 0 Å². The number of sulfonamides is 1. The van der Waals surface area contributed by atoms with Crippen LogP contribution >= 0.6 is 0 Å². The number of rotatable bonds is 7. The normalized spacial score (nSPS) is 20.0. The van der Waals surface area contributed by atoms with E-state index in [4.69, 9.17) is 0 Å². The number of pyridine rings is 1. The summed E-state index contributed by atoms with van der Waals surface area (Å²) in [5, 5.41) is 0. The number of anilines is 1. The Hall–Kier alpha value is -2.97. The number of benzene rings is 2. The lowest BCUT2D eigenvalue weighted by Crippen LogP contribution is -2.47. The largest absolute Gasteiger partial charge is 0.310 e. The number of aromatic nitrogens is 1. The molecule has 3 heterocycles. The Bertz CT molecular complexity index is 1340. The van der Waals surface area contributed by atoms with E-state index in [1.165, 1.54) is 23.8 Å². The fourth-order valence-electron chi connectivity index (χ4n) is 5.29. The average Bonchev–Trinajstić information content (AvgIpc) is 2.82. The molecule has 0 aliphatic carbocycles. The first-order valence-corrected chi connectivity index (χ1v) is 13.2. The highest BCUT2D eigenvalue weighted by Gasteiger charge is 2.35. The number of hydrogen-bond donors (Lipinski definition) is 1. The van der Waals surface area contributed by atoms with E-state index in [0.29, 0.717) is 12.5 Å². The Balaban J connectivity index is 1.29. The summed E-state index contributed by atoms with van der Waals surface area (Å²) in [6, 6.07) is 18.6. The molecule has 2 bridgehead atoms. The third-order valence-corrected chi connectivity index (χ3v) is 8.18. The van der Waals surface area contributed by atoms with Crippen molar-refractivity contribution in [2.75, 3.05) is 24.4 Å². The maximum absolute atomic E-state index is 13.5. The molecule has 2 atom stereocenters. The van der Waals surface area contributed by atoms with Gasteiger partial charge in [-0.3, -0.25) is 9.52 Å². The first-order chi connectivity index (χ1) is 16.4. The molecule has 6 nitrogen and oxygen atoms in total. The summed E-state index contributed by atoms with van der Waals surface area (Å²) in [7, 11) is -4.06. The van der Waals surface area contributed by atoms with Crippen molar-refractivity contribution in [3.63, 3.8) is 0 Å². The molecule has 5 rings (SSSR count). The van der Waals surface area contributed by atoms with Crippen molar-refractivity contribution in [3.05, 3.63) is 94.2 Å². The molecule has 2 aliphatic heterocycles. The summed E-state index contributed by atoms with van der Waals surface area (Å²) in [6.07, 6.45) is 3.19. The van der Waals surface area contributed by atoms with Crippen molar-refractivity contribution in [2.24, 2.45) is 5.92 Å². The van der Waals surface area contributed by atoms with Crippen LogP contribution in [0.3, 0.4) is 0 Å². The highest BCUT2D eigenvalue weighted by molar-refractivity contribution is 7.92. The molecular formula is C26H28FN3O3S. The van der Waals surface area contributed by atoms with Crippen LogP contribution in [0.2, 0.25) is 0 Å². The zero-order chi connectivity index (χ0) is 23.7. The summed E-state index contributed by atoms with van der Waals surface area (Å²) >= 11 is 0. The molecule has 34 heavy (non-hydrogen) atoms. The van der Waals surface area contributed by atoms with E-state index in [1.807, 2.05) is 12.1 Å². The van der Waals surface area contributed by atoms with E-state index in [0.717, 1.165) is 50.7 Å². The van der Waals surface area contributed by atoms with Crippen molar-refractivity contribution < 1.29 is 12.8 Å². The zero-order valence-corrected chi connectivity index (χ0v) is 19.7. The van der Waals surface area contributed by atoms with Crippen molar-refractivity contribution in [1.82, 2.24) is 9.47 Å². The van der Waals surface area contributed by atoms with Crippen molar-refractivity contribution in [1.29, 1.82) is 0 Å². The Labute approximate surface area is 199 Å². The summed E-state index contributed by atoms with van der Waals surface area (Å²) < 4.78 is 43.0. The lowest BCUT2D eigenvalue weighted by atomic mass is 9.83. The third kappa shape index (κ3) is 4.79. The van der Waals surface area contributed by atoms with Gasteiger partial charge in [0.1, 0.15) is 11.5 Å². The highest BCUT2D eigenvalue weighted by atomic mass is 32.2. The number of nitrogens with one attached hydrogen (secondary N) is 1. The van der Waals surface area contributed by atoms with Gasteiger partial charge in [-0.05, 0) is 67.6 Å². The fourth-order valence-corrected chi connectivity index (χ4v) is 6.38. The third-order valence-electron chi connectivity index (χ3n) is 6.81. The number of fused-ring (bicyclic) bond motifs is 4. The van der Waals surface area contributed by atoms with Gasteiger partial charge in [0.15, 0.2) is 0 Å². The second kappa shape index (κ2) is 9.35. The van der Waals surface area contributed by atoms with Gasteiger partial charge in [0, 0.05) is 31.2 Å². The van der Waals surface area contributed by atoms with E-state index >= 15 is 0 Å². The lowest BCUT2D eigenvalue weighted by Gasteiger charge is -2.43. The Morgan fingerprint density at radius 3 is 2.59 bits per heavy atom. The molecule has 0 spiro atoms. The van der Waals surface area contributed by atoms with E-state index in [2.05, 4.69) is 33.9 Å². The van der Waals surface area contributed by atoms with Crippen molar-refractivity contribution >= 4 is 15.7 Å². The monoisotopic (exact) mass is 481 g/mol. The SMILES string of the molecule is O=c1c(NS(=O)(=O)c2cccc(F)c2)ccc2n1C[C@H]1C[C@@H]2CN(CCCc2ccccc2)C1. The predicted molar refractivity (Wildman–Crippen MR) is 130 cm³/mol. The van der Waals surface area contributed by atoms with Crippen LogP contribution in [0.15, 0.2) is 76.4 Å². The van der Waals surface area contributed by atoms with Crippen LogP contribution in [0.25, 0.3) is 0 Å². The highest BCUT2D eigenvalue weighted by Crippen LogP contribution is 2.35. The molecule has 1 aromatic heterocycles. The smallest absolute Gasteiger partial charge is 0.275 e. The minimum Gasteiger partial charge on any atom is -0.310 e. The number of halogens is 1. The van der Waals surface area contributed by atoms with Crippen LogP contribution in [0.5, 0.6) is 0 Å². The molecule has 0 radical (unpaired) electrons. The Morgan fingerprint density at radius 2 is 1.79 bits per heavy atom. The van der Waals surface area contributed by atoms with Crippen LogP contribution in [-0.2, 0) is 23.0 Å². The zero-order valence-electron chi connectivity index (χ0n) is 18.9. The number of piperidine rings is 1. The summed E-state index contributed by atoms with van der Waals surface area (Å²) in [5.41, 5.74) is 1.96. The lowest BCUT2D eigenvalue weighted by molar-refractivity contribution is 0.119. The molecule has 2 aliphatic rings. The number of aryl methyl sites for hydroxylation is 1. The summed E-state index contributed by atoms with van der Waals surface area (Å²) in [4.78, 5) is 15.5. The Kier molecular flexibility index (Phi) is 6.27. The van der Waals surface area contributed by atoms with Gasteiger partial charge >= 0.3 is 0 Å². The molecule has 1 saturated heterocycles. The first-order valence-electron chi connectivity index (χ1n) is 11.7.